The van der Waals surface area contributed by atoms with E-state index in [0.29, 0.717) is 12.5 Å². The molecule has 2 heterocycles. The van der Waals surface area contributed by atoms with Crippen molar-refractivity contribution in [2.24, 2.45) is 0 Å². The van der Waals surface area contributed by atoms with Gasteiger partial charge in [-0.2, -0.15) is 0 Å². The lowest BCUT2D eigenvalue weighted by atomic mass is 10.0. The highest BCUT2D eigenvalue weighted by Gasteiger charge is 2.36. The summed E-state index contributed by atoms with van der Waals surface area (Å²) in [5.41, 5.74) is 2.73. The molecule has 1 aromatic rings. The number of aliphatic hydroxyl groups is 2. The van der Waals surface area contributed by atoms with Crippen molar-refractivity contribution in [2.45, 2.75) is 44.6 Å². The van der Waals surface area contributed by atoms with Gasteiger partial charge >= 0.3 is 0 Å². The van der Waals surface area contributed by atoms with Gasteiger partial charge in [-0.3, -0.25) is 9.80 Å². The first-order valence-electron chi connectivity index (χ1n) is 9.03. The molecular formula is C19H30N2O3. The minimum absolute atomic E-state index is 0.0822. The molecule has 2 N–H and O–H groups in total. The molecule has 5 nitrogen and oxygen atoms in total. The van der Waals surface area contributed by atoms with Crippen LogP contribution in [-0.2, 0) is 11.3 Å². The van der Waals surface area contributed by atoms with Crippen LogP contribution in [0.4, 0.5) is 0 Å². The van der Waals surface area contributed by atoms with E-state index >= 15 is 0 Å². The third-order valence-corrected chi connectivity index (χ3v) is 5.29. The summed E-state index contributed by atoms with van der Waals surface area (Å²) in [6, 6.07) is 8.84. The normalized spacial score (nSPS) is 30.0. The van der Waals surface area contributed by atoms with E-state index in [-0.39, 0.29) is 12.6 Å². The molecule has 0 aromatic heterocycles. The quantitative estimate of drug-likeness (QED) is 0.862. The zero-order valence-electron chi connectivity index (χ0n) is 14.8. The fraction of sp³-hybridized carbons (Fsp3) is 0.684. The maximum absolute atomic E-state index is 10.2. The van der Waals surface area contributed by atoms with Gasteiger partial charge < -0.3 is 14.9 Å². The van der Waals surface area contributed by atoms with Crippen molar-refractivity contribution in [3.8, 4) is 0 Å². The second-order valence-electron chi connectivity index (χ2n) is 7.37. The molecule has 24 heavy (non-hydrogen) atoms. The Bertz CT molecular complexity index is 512. The summed E-state index contributed by atoms with van der Waals surface area (Å²) >= 11 is 0. The molecule has 0 saturated carbocycles. The van der Waals surface area contributed by atoms with Gasteiger partial charge in [-0.1, -0.05) is 38.1 Å². The van der Waals surface area contributed by atoms with Gasteiger partial charge in [0.25, 0.3) is 0 Å². The average Bonchev–Trinajstić information content (AvgIpc) is 2.59. The van der Waals surface area contributed by atoms with E-state index < -0.39 is 12.2 Å². The van der Waals surface area contributed by atoms with Gasteiger partial charge in [0.2, 0.25) is 0 Å². The van der Waals surface area contributed by atoms with E-state index in [0.717, 1.165) is 32.7 Å². The highest BCUT2D eigenvalue weighted by atomic mass is 16.5. The molecule has 0 spiro atoms. The van der Waals surface area contributed by atoms with E-state index in [1.54, 1.807) is 0 Å². The summed E-state index contributed by atoms with van der Waals surface area (Å²) in [5.74, 6) is 0.571. The Morgan fingerprint density at radius 1 is 1.04 bits per heavy atom. The van der Waals surface area contributed by atoms with Crippen molar-refractivity contribution in [2.75, 3.05) is 39.4 Å². The standard InChI is InChI=1S/C19H30N2O3/c1-14(2)16-5-3-15(4-6-16)11-20-7-9-21(10-8-20)17-12-24-13-18(22)19(17)23/h3-6,14,17-19,22-23H,7-13H2,1-2H3/t17-,18-,19+/m1/s1. The first-order chi connectivity index (χ1) is 11.5. The SMILES string of the molecule is CC(C)c1ccc(CN2CCN([C@@H]3COC[C@@H](O)[C@H]3O)CC2)cc1. The van der Waals surface area contributed by atoms with Crippen molar-refractivity contribution < 1.29 is 14.9 Å². The fourth-order valence-electron chi connectivity index (χ4n) is 3.60. The molecule has 2 saturated heterocycles. The van der Waals surface area contributed by atoms with Gasteiger partial charge in [-0.25, -0.2) is 0 Å². The third-order valence-electron chi connectivity index (χ3n) is 5.29. The van der Waals surface area contributed by atoms with Gasteiger partial charge in [0.05, 0.1) is 25.4 Å². The van der Waals surface area contributed by atoms with Crippen molar-refractivity contribution in [1.82, 2.24) is 9.80 Å². The van der Waals surface area contributed by atoms with E-state index in [1.165, 1.54) is 11.1 Å². The van der Waals surface area contributed by atoms with Crippen molar-refractivity contribution in [1.29, 1.82) is 0 Å². The summed E-state index contributed by atoms with van der Waals surface area (Å²) < 4.78 is 5.41. The zero-order chi connectivity index (χ0) is 17.1. The molecule has 0 radical (unpaired) electrons. The molecule has 0 bridgehead atoms. The number of benzene rings is 1. The van der Waals surface area contributed by atoms with Crippen molar-refractivity contribution in [3.05, 3.63) is 35.4 Å². The van der Waals surface area contributed by atoms with E-state index in [9.17, 15) is 10.2 Å². The van der Waals surface area contributed by atoms with Crippen LogP contribution in [0.15, 0.2) is 24.3 Å². The second kappa shape index (κ2) is 7.93. The Morgan fingerprint density at radius 2 is 1.71 bits per heavy atom. The molecule has 134 valence electrons. The minimum atomic E-state index is -0.763. The van der Waals surface area contributed by atoms with Crippen molar-refractivity contribution in [3.63, 3.8) is 0 Å². The number of nitrogens with zero attached hydrogens (tertiary/aromatic N) is 2. The average molecular weight is 334 g/mol. The highest BCUT2D eigenvalue weighted by Crippen LogP contribution is 2.19. The summed E-state index contributed by atoms with van der Waals surface area (Å²) in [6.45, 7) is 9.92. The minimum Gasteiger partial charge on any atom is -0.389 e. The third kappa shape index (κ3) is 4.16. The highest BCUT2D eigenvalue weighted by molar-refractivity contribution is 5.24. The maximum Gasteiger partial charge on any atom is 0.105 e. The number of hydrogen-bond acceptors (Lipinski definition) is 5. The van der Waals surface area contributed by atoms with Crippen LogP contribution in [0, 0.1) is 0 Å². The van der Waals surface area contributed by atoms with Crippen LogP contribution in [-0.4, -0.2) is 77.7 Å². The Balaban J connectivity index is 1.50. The molecule has 5 heteroatoms. The first-order valence-corrected chi connectivity index (χ1v) is 9.03. The molecule has 3 rings (SSSR count). The van der Waals surface area contributed by atoms with Gasteiger partial charge in [0.1, 0.15) is 6.10 Å². The molecule has 2 fully saturated rings. The largest absolute Gasteiger partial charge is 0.389 e. The number of hydrogen-bond donors (Lipinski definition) is 2. The van der Waals surface area contributed by atoms with Crippen LogP contribution in [0.3, 0.4) is 0 Å². The van der Waals surface area contributed by atoms with Crippen LogP contribution >= 0.6 is 0 Å². The molecule has 2 aliphatic rings. The Labute approximate surface area is 144 Å². The monoisotopic (exact) mass is 334 g/mol. The predicted octanol–water partition coefficient (Wildman–Crippen LogP) is 1.05. The lowest BCUT2D eigenvalue weighted by Crippen LogP contribution is -2.60. The summed E-state index contributed by atoms with van der Waals surface area (Å²) in [5, 5.41) is 20.0. The summed E-state index contributed by atoms with van der Waals surface area (Å²) in [7, 11) is 0. The lowest BCUT2D eigenvalue weighted by Gasteiger charge is -2.43. The second-order valence-corrected chi connectivity index (χ2v) is 7.37. The van der Waals surface area contributed by atoms with E-state index in [4.69, 9.17) is 4.74 Å². The fourth-order valence-corrected chi connectivity index (χ4v) is 3.60. The number of aliphatic hydroxyl groups excluding tert-OH is 2. The van der Waals surface area contributed by atoms with Crippen LogP contribution in [0.5, 0.6) is 0 Å². The van der Waals surface area contributed by atoms with Gasteiger partial charge in [-0.15, -0.1) is 0 Å². The Kier molecular flexibility index (Phi) is 5.89. The predicted molar refractivity (Wildman–Crippen MR) is 94.0 cm³/mol. The molecule has 0 amide bonds. The summed E-state index contributed by atoms with van der Waals surface area (Å²) in [4.78, 5) is 4.71. The van der Waals surface area contributed by atoms with Crippen LogP contribution in [0.1, 0.15) is 30.9 Å². The number of rotatable bonds is 4. The van der Waals surface area contributed by atoms with Gasteiger partial charge in [0, 0.05) is 32.7 Å². The van der Waals surface area contributed by atoms with Crippen LogP contribution < -0.4 is 0 Å². The smallest absolute Gasteiger partial charge is 0.105 e. The number of ether oxygens (including phenoxy) is 1. The molecule has 1 aromatic carbocycles. The van der Waals surface area contributed by atoms with Crippen molar-refractivity contribution >= 4 is 0 Å². The van der Waals surface area contributed by atoms with E-state index in [1.807, 2.05) is 0 Å². The molecular weight excluding hydrogens is 304 g/mol. The Hall–Kier alpha value is -0.980. The molecule has 0 aliphatic carbocycles. The van der Waals surface area contributed by atoms with E-state index in [2.05, 4.69) is 47.9 Å². The number of piperazine rings is 1. The van der Waals surface area contributed by atoms with Gasteiger partial charge in [-0.05, 0) is 17.0 Å². The Morgan fingerprint density at radius 3 is 2.33 bits per heavy atom. The molecule has 0 unspecified atom stereocenters. The van der Waals surface area contributed by atoms with Gasteiger partial charge in [0.15, 0.2) is 0 Å². The topological polar surface area (TPSA) is 56.2 Å². The van der Waals surface area contributed by atoms with Crippen LogP contribution in [0.25, 0.3) is 0 Å². The summed E-state index contributed by atoms with van der Waals surface area (Å²) in [6.07, 6.45) is -1.46. The molecule has 2 aliphatic heterocycles. The molecule has 3 atom stereocenters. The zero-order valence-corrected chi connectivity index (χ0v) is 14.8. The first kappa shape index (κ1) is 17.8. The maximum atomic E-state index is 10.2. The lowest BCUT2D eigenvalue weighted by molar-refractivity contribution is -0.137. The van der Waals surface area contributed by atoms with Crippen LogP contribution in [0.2, 0.25) is 0 Å².